The molecule has 0 aliphatic heterocycles. The van der Waals surface area contributed by atoms with Gasteiger partial charge >= 0.3 is 5.97 Å². The van der Waals surface area contributed by atoms with Crippen LogP contribution in [0.4, 0.5) is 0 Å². The van der Waals surface area contributed by atoms with Crippen molar-refractivity contribution >= 4 is 17.9 Å². The SMILES string of the molecule is CC(C)(C)OC(=C=O)CC(O)CC(=C=O)C(=O)O. The second-order valence-electron chi connectivity index (χ2n) is 4.69. The first-order valence-corrected chi connectivity index (χ1v) is 5.28. The largest absolute Gasteiger partial charge is 0.481 e. The van der Waals surface area contributed by atoms with Gasteiger partial charge in [0.1, 0.15) is 17.1 Å². The summed E-state index contributed by atoms with van der Waals surface area (Å²) in [6.07, 6.45) is -1.83. The molecule has 2 N–H and O–H groups in total. The van der Waals surface area contributed by atoms with Crippen molar-refractivity contribution in [3.05, 3.63) is 11.3 Å². The molecule has 0 aromatic rings. The molecule has 18 heavy (non-hydrogen) atoms. The Morgan fingerprint density at radius 2 is 1.78 bits per heavy atom. The van der Waals surface area contributed by atoms with Crippen molar-refractivity contribution in [2.45, 2.75) is 45.3 Å². The van der Waals surface area contributed by atoms with E-state index in [1.165, 1.54) is 11.9 Å². The lowest BCUT2D eigenvalue weighted by molar-refractivity contribution is -0.133. The molecule has 1 unspecified atom stereocenters. The molecule has 6 heteroatoms. The predicted molar refractivity (Wildman–Crippen MR) is 62.1 cm³/mol. The number of carboxylic acid groups (broad SMARTS) is 1. The Balaban J connectivity index is 4.56. The highest BCUT2D eigenvalue weighted by molar-refractivity contribution is 5.95. The lowest BCUT2D eigenvalue weighted by Crippen LogP contribution is -2.22. The van der Waals surface area contributed by atoms with Gasteiger partial charge in [0.05, 0.1) is 6.10 Å². The number of aliphatic hydroxyl groups is 1. The molecular formula is C12H16O6. The van der Waals surface area contributed by atoms with E-state index >= 15 is 0 Å². The normalized spacial score (nSPS) is 12.0. The Morgan fingerprint density at radius 3 is 2.11 bits per heavy atom. The number of hydrogen-bond donors (Lipinski definition) is 2. The molecule has 0 aliphatic carbocycles. The van der Waals surface area contributed by atoms with E-state index in [2.05, 4.69) is 0 Å². The molecule has 0 aliphatic rings. The Kier molecular flexibility index (Phi) is 6.06. The van der Waals surface area contributed by atoms with E-state index < -0.39 is 29.7 Å². The summed E-state index contributed by atoms with van der Waals surface area (Å²) in [7, 11) is 0. The van der Waals surface area contributed by atoms with Crippen LogP contribution in [0.1, 0.15) is 33.6 Å². The van der Waals surface area contributed by atoms with E-state index in [9.17, 15) is 19.5 Å². The molecule has 0 spiro atoms. The van der Waals surface area contributed by atoms with E-state index in [1.54, 1.807) is 20.8 Å². The summed E-state index contributed by atoms with van der Waals surface area (Å²) < 4.78 is 5.21. The van der Waals surface area contributed by atoms with Crippen LogP contribution in [-0.2, 0) is 19.1 Å². The number of carbonyl (C=O) groups excluding carboxylic acids is 2. The summed E-state index contributed by atoms with van der Waals surface area (Å²) in [6, 6.07) is 0. The van der Waals surface area contributed by atoms with Gasteiger partial charge in [0.2, 0.25) is 0 Å². The molecule has 100 valence electrons. The van der Waals surface area contributed by atoms with E-state index in [0.29, 0.717) is 0 Å². The van der Waals surface area contributed by atoms with Crippen LogP contribution < -0.4 is 0 Å². The third kappa shape index (κ3) is 6.66. The van der Waals surface area contributed by atoms with Gasteiger partial charge in [-0.25, -0.2) is 14.4 Å². The van der Waals surface area contributed by atoms with Crippen LogP contribution in [0, 0.1) is 0 Å². The molecule has 0 saturated heterocycles. The number of aliphatic carboxylic acids is 1. The highest BCUT2D eigenvalue weighted by Gasteiger charge is 2.20. The zero-order valence-electron chi connectivity index (χ0n) is 10.5. The van der Waals surface area contributed by atoms with E-state index in [-0.39, 0.29) is 12.2 Å². The van der Waals surface area contributed by atoms with Gasteiger partial charge < -0.3 is 14.9 Å². The van der Waals surface area contributed by atoms with Crippen molar-refractivity contribution in [2.75, 3.05) is 0 Å². The molecule has 0 amide bonds. The smallest absolute Gasteiger partial charge is 0.342 e. The average molecular weight is 256 g/mol. The fourth-order valence-corrected chi connectivity index (χ4v) is 1.17. The number of ether oxygens (including phenoxy) is 1. The summed E-state index contributed by atoms with van der Waals surface area (Å²) in [4.78, 5) is 31.4. The minimum atomic E-state index is -1.45. The van der Waals surface area contributed by atoms with Gasteiger partial charge in [-0.1, -0.05) is 0 Å². The molecule has 6 nitrogen and oxygen atoms in total. The minimum absolute atomic E-state index is 0.120. The topological polar surface area (TPSA) is 101 Å². The summed E-state index contributed by atoms with van der Waals surface area (Å²) in [5.74, 6) is 1.20. The van der Waals surface area contributed by atoms with Crippen LogP contribution in [-0.4, -0.2) is 39.8 Å². The first kappa shape index (κ1) is 16.1. The van der Waals surface area contributed by atoms with Crippen LogP contribution in [0.5, 0.6) is 0 Å². The summed E-state index contributed by atoms with van der Waals surface area (Å²) in [5.41, 5.74) is -1.20. The van der Waals surface area contributed by atoms with Gasteiger partial charge in [-0.15, -0.1) is 0 Å². The van der Waals surface area contributed by atoms with Crippen molar-refractivity contribution in [1.29, 1.82) is 0 Å². The summed E-state index contributed by atoms with van der Waals surface area (Å²) in [5, 5.41) is 18.1. The highest BCUT2D eigenvalue weighted by Crippen LogP contribution is 2.17. The zero-order valence-corrected chi connectivity index (χ0v) is 10.5. The van der Waals surface area contributed by atoms with Crippen molar-refractivity contribution in [3.8, 4) is 0 Å². The van der Waals surface area contributed by atoms with Gasteiger partial charge in [-0.05, 0) is 20.8 Å². The van der Waals surface area contributed by atoms with Gasteiger partial charge in [-0.3, -0.25) is 0 Å². The van der Waals surface area contributed by atoms with E-state index in [1.807, 2.05) is 0 Å². The van der Waals surface area contributed by atoms with Crippen LogP contribution >= 0.6 is 0 Å². The number of carboxylic acids is 1. The number of rotatable bonds is 6. The molecular weight excluding hydrogens is 240 g/mol. The van der Waals surface area contributed by atoms with Crippen LogP contribution in [0.3, 0.4) is 0 Å². The Morgan fingerprint density at radius 1 is 1.22 bits per heavy atom. The van der Waals surface area contributed by atoms with E-state index in [0.717, 1.165) is 0 Å². The van der Waals surface area contributed by atoms with Crippen LogP contribution in [0.2, 0.25) is 0 Å². The van der Waals surface area contributed by atoms with Crippen LogP contribution in [0.25, 0.3) is 0 Å². The Bertz CT molecular complexity index is 405. The minimum Gasteiger partial charge on any atom is -0.481 e. The van der Waals surface area contributed by atoms with Gasteiger partial charge in [-0.2, -0.15) is 0 Å². The molecule has 0 heterocycles. The summed E-state index contributed by atoms with van der Waals surface area (Å²) >= 11 is 0. The first-order chi connectivity index (χ1) is 8.19. The maximum atomic E-state index is 10.6. The van der Waals surface area contributed by atoms with E-state index in [4.69, 9.17) is 9.84 Å². The molecule has 0 saturated carbocycles. The Labute approximate surface area is 105 Å². The second-order valence-corrected chi connectivity index (χ2v) is 4.69. The average Bonchev–Trinajstić information content (AvgIpc) is 2.22. The highest BCUT2D eigenvalue weighted by atomic mass is 16.5. The van der Waals surface area contributed by atoms with Crippen LogP contribution in [0.15, 0.2) is 11.3 Å². The van der Waals surface area contributed by atoms with Crippen molar-refractivity contribution in [3.63, 3.8) is 0 Å². The lowest BCUT2D eigenvalue weighted by atomic mass is 10.1. The Hall–Kier alpha value is -1.87. The maximum absolute atomic E-state index is 10.6. The third-order valence-corrected chi connectivity index (χ3v) is 1.79. The van der Waals surface area contributed by atoms with Gasteiger partial charge in [0.15, 0.2) is 11.7 Å². The molecule has 0 radical (unpaired) electrons. The van der Waals surface area contributed by atoms with Crippen molar-refractivity contribution < 1.29 is 29.3 Å². The van der Waals surface area contributed by atoms with Crippen molar-refractivity contribution in [2.24, 2.45) is 0 Å². The zero-order chi connectivity index (χ0) is 14.3. The lowest BCUT2D eigenvalue weighted by Gasteiger charge is -2.22. The number of carbonyl (C=O) groups is 1. The fourth-order valence-electron chi connectivity index (χ4n) is 1.17. The molecule has 0 aromatic heterocycles. The number of aliphatic hydroxyl groups excluding tert-OH is 1. The molecule has 0 aromatic carbocycles. The molecule has 0 fully saturated rings. The fraction of sp³-hybridized carbons (Fsp3) is 0.583. The standard InChI is InChI=1S/C12H16O6/c1-12(2,3)18-10(7-14)5-9(15)4-8(6-13)11(16)17/h9,15H,4-5H2,1-3H3,(H,16,17). The monoisotopic (exact) mass is 256 g/mol. The van der Waals surface area contributed by atoms with Gasteiger partial charge in [0.25, 0.3) is 0 Å². The second kappa shape index (κ2) is 6.77. The van der Waals surface area contributed by atoms with Gasteiger partial charge in [0, 0.05) is 12.8 Å². The van der Waals surface area contributed by atoms with Crippen molar-refractivity contribution in [1.82, 2.24) is 0 Å². The molecule has 1 atom stereocenters. The molecule has 0 bridgehead atoms. The first-order valence-electron chi connectivity index (χ1n) is 5.28. The predicted octanol–water partition coefficient (Wildman–Crippen LogP) is 0.501. The number of hydrogen-bond acceptors (Lipinski definition) is 5. The third-order valence-electron chi connectivity index (χ3n) is 1.79. The quantitative estimate of drug-likeness (QED) is 0.407. The summed E-state index contributed by atoms with van der Waals surface area (Å²) in [6.45, 7) is 5.14. The maximum Gasteiger partial charge on any atom is 0.342 e. The molecule has 0 rings (SSSR count).